The van der Waals surface area contributed by atoms with Gasteiger partial charge in [-0.15, -0.1) is 0 Å². The Morgan fingerprint density at radius 1 is 1.04 bits per heavy atom. The molecule has 7 heteroatoms. The van der Waals surface area contributed by atoms with Crippen LogP contribution >= 0.6 is 0 Å². The fourth-order valence-electron chi connectivity index (χ4n) is 2.40. The molecule has 0 fully saturated rings. The van der Waals surface area contributed by atoms with Crippen LogP contribution in [-0.4, -0.2) is 50.7 Å². The van der Waals surface area contributed by atoms with Gasteiger partial charge in [-0.3, -0.25) is 9.69 Å². The number of carbonyl (C=O) groups is 1. The molecule has 140 valence electrons. The first-order valence-corrected chi connectivity index (χ1v) is 9.73. The standard InChI is InChI=1S/C19H25N3O3S/c1-15(22(4)14-16-9-6-5-7-10-16)19(23)20-17-11-8-12-18(13-17)26(24,25)21(2)3/h5-13,15H,14H2,1-4H3,(H,20,23)/t15-/m0/s1. The zero-order valence-corrected chi connectivity index (χ0v) is 16.3. The summed E-state index contributed by atoms with van der Waals surface area (Å²) in [5.41, 5.74) is 1.58. The smallest absolute Gasteiger partial charge is 0.242 e. The van der Waals surface area contributed by atoms with Crippen LogP contribution < -0.4 is 5.32 Å². The van der Waals surface area contributed by atoms with Crippen LogP contribution in [0.15, 0.2) is 59.5 Å². The zero-order chi connectivity index (χ0) is 19.3. The maximum atomic E-state index is 12.5. The van der Waals surface area contributed by atoms with Gasteiger partial charge in [-0.1, -0.05) is 36.4 Å². The number of sulfonamides is 1. The second-order valence-electron chi connectivity index (χ2n) is 6.38. The van der Waals surface area contributed by atoms with Gasteiger partial charge in [0, 0.05) is 26.3 Å². The maximum Gasteiger partial charge on any atom is 0.242 e. The van der Waals surface area contributed by atoms with Crippen LogP contribution in [0.4, 0.5) is 5.69 Å². The van der Waals surface area contributed by atoms with E-state index in [1.54, 1.807) is 12.1 Å². The van der Waals surface area contributed by atoms with E-state index in [-0.39, 0.29) is 16.8 Å². The van der Waals surface area contributed by atoms with Crippen molar-refractivity contribution in [3.63, 3.8) is 0 Å². The fourth-order valence-corrected chi connectivity index (χ4v) is 3.35. The first-order chi connectivity index (χ1) is 12.2. The summed E-state index contributed by atoms with van der Waals surface area (Å²) in [5, 5.41) is 2.80. The van der Waals surface area contributed by atoms with Gasteiger partial charge < -0.3 is 5.32 Å². The number of anilines is 1. The molecule has 1 amide bonds. The minimum atomic E-state index is -3.54. The van der Waals surface area contributed by atoms with Gasteiger partial charge in [0.15, 0.2) is 0 Å². The summed E-state index contributed by atoms with van der Waals surface area (Å²) < 4.78 is 25.6. The van der Waals surface area contributed by atoms with Crippen molar-refractivity contribution in [2.75, 3.05) is 26.5 Å². The van der Waals surface area contributed by atoms with Crippen molar-refractivity contribution in [3.8, 4) is 0 Å². The van der Waals surface area contributed by atoms with Crippen LogP contribution in [0.5, 0.6) is 0 Å². The van der Waals surface area contributed by atoms with Gasteiger partial charge in [-0.05, 0) is 37.7 Å². The molecule has 1 N–H and O–H groups in total. The summed E-state index contributed by atoms with van der Waals surface area (Å²) in [6.07, 6.45) is 0. The summed E-state index contributed by atoms with van der Waals surface area (Å²) in [6.45, 7) is 2.46. The van der Waals surface area contributed by atoms with Crippen LogP contribution in [0, 0.1) is 0 Å². The molecule has 2 aromatic carbocycles. The molecule has 0 saturated carbocycles. The quantitative estimate of drug-likeness (QED) is 0.807. The normalized spacial score (nSPS) is 13.0. The molecule has 0 heterocycles. The second kappa shape index (κ2) is 8.44. The van der Waals surface area contributed by atoms with E-state index in [0.29, 0.717) is 12.2 Å². The topological polar surface area (TPSA) is 69.7 Å². The van der Waals surface area contributed by atoms with Crippen molar-refractivity contribution >= 4 is 21.6 Å². The monoisotopic (exact) mass is 375 g/mol. The van der Waals surface area contributed by atoms with Crippen molar-refractivity contribution < 1.29 is 13.2 Å². The summed E-state index contributed by atoms with van der Waals surface area (Å²) in [4.78, 5) is 14.6. The molecule has 2 aromatic rings. The molecule has 6 nitrogen and oxygen atoms in total. The van der Waals surface area contributed by atoms with Crippen molar-refractivity contribution in [3.05, 3.63) is 60.2 Å². The number of likely N-dealkylation sites (N-methyl/N-ethyl adjacent to an activating group) is 1. The third-order valence-electron chi connectivity index (χ3n) is 4.20. The molecule has 0 spiro atoms. The second-order valence-corrected chi connectivity index (χ2v) is 8.53. The van der Waals surface area contributed by atoms with E-state index in [9.17, 15) is 13.2 Å². The lowest BCUT2D eigenvalue weighted by atomic mass is 10.2. The van der Waals surface area contributed by atoms with Gasteiger partial charge in [-0.25, -0.2) is 12.7 Å². The van der Waals surface area contributed by atoms with Crippen molar-refractivity contribution in [1.82, 2.24) is 9.21 Å². The van der Waals surface area contributed by atoms with Crippen molar-refractivity contribution in [2.24, 2.45) is 0 Å². The van der Waals surface area contributed by atoms with Crippen LogP contribution in [0.25, 0.3) is 0 Å². The number of nitrogens with one attached hydrogen (secondary N) is 1. The first kappa shape index (κ1) is 20.1. The average Bonchev–Trinajstić information content (AvgIpc) is 2.61. The van der Waals surface area contributed by atoms with E-state index in [4.69, 9.17) is 0 Å². The number of hydrogen-bond donors (Lipinski definition) is 1. The van der Waals surface area contributed by atoms with E-state index in [2.05, 4.69) is 5.32 Å². The summed E-state index contributed by atoms with van der Waals surface area (Å²) in [5.74, 6) is -0.192. The Bertz CT molecular complexity index is 851. The molecule has 0 aliphatic rings. The lowest BCUT2D eigenvalue weighted by Crippen LogP contribution is -2.39. The summed E-state index contributed by atoms with van der Waals surface area (Å²) in [6, 6.07) is 15.8. The fraction of sp³-hybridized carbons (Fsp3) is 0.316. The van der Waals surface area contributed by atoms with E-state index >= 15 is 0 Å². The number of carbonyl (C=O) groups excluding carboxylic acids is 1. The molecule has 0 aliphatic carbocycles. The molecule has 0 aromatic heterocycles. The molecule has 26 heavy (non-hydrogen) atoms. The van der Waals surface area contributed by atoms with E-state index in [1.807, 2.05) is 49.2 Å². The zero-order valence-electron chi connectivity index (χ0n) is 15.5. The van der Waals surface area contributed by atoms with Crippen LogP contribution in [0.1, 0.15) is 12.5 Å². The highest BCUT2D eigenvalue weighted by atomic mass is 32.2. The average molecular weight is 375 g/mol. The lowest BCUT2D eigenvalue weighted by molar-refractivity contribution is -0.120. The number of amides is 1. The van der Waals surface area contributed by atoms with Gasteiger partial charge in [-0.2, -0.15) is 0 Å². The Labute approximate surface area is 155 Å². The Morgan fingerprint density at radius 3 is 2.31 bits per heavy atom. The minimum absolute atomic E-state index is 0.144. The van der Waals surface area contributed by atoms with E-state index in [0.717, 1.165) is 9.87 Å². The van der Waals surface area contributed by atoms with Gasteiger partial charge in [0.05, 0.1) is 10.9 Å². The summed E-state index contributed by atoms with van der Waals surface area (Å²) in [7, 11) is 1.29. The Morgan fingerprint density at radius 2 is 1.69 bits per heavy atom. The van der Waals surface area contributed by atoms with Crippen molar-refractivity contribution in [2.45, 2.75) is 24.4 Å². The third kappa shape index (κ3) is 4.91. The Kier molecular flexibility index (Phi) is 6.52. The molecule has 0 saturated heterocycles. The maximum absolute atomic E-state index is 12.5. The largest absolute Gasteiger partial charge is 0.325 e. The molecule has 0 bridgehead atoms. The van der Waals surface area contributed by atoms with Gasteiger partial charge in [0.1, 0.15) is 0 Å². The molecule has 0 radical (unpaired) electrons. The van der Waals surface area contributed by atoms with Gasteiger partial charge in [0.25, 0.3) is 0 Å². The minimum Gasteiger partial charge on any atom is -0.325 e. The molecular formula is C19H25N3O3S. The highest BCUT2D eigenvalue weighted by Crippen LogP contribution is 2.18. The Balaban J connectivity index is 2.07. The van der Waals surface area contributed by atoms with Gasteiger partial charge in [0.2, 0.25) is 15.9 Å². The number of rotatable bonds is 7. The van der Waals surface area contributed by atoms with Crippen LogP contribution in [0.2, 0.25) is 0 Å². The highest BCUT2D eigenvalue weighted by molar-refractivity contribution is 7.89. The van der Waals surface area contributed by atoms with E-state index in [1.165, 1.54) is 26.2 Å². The van der Waals surface area contributed by atoms with Gasteiger partial charge >= 0.3 is 0 Å². The number of hydrogen-bond acceptors (Lipinski definition) is 4. The molecule has 1 atom stereocenters. The lowest BCUT2D eigenvalue weighted by Gasteiger charge is -2.24. The van der Waals surface area contributed by atoms with E-state index < -0.39 is 10.0 Å². The first-order valence-electron chi connectivity index (χ1n) is 8.29. The third-order valence-corrected chi connectivity index (χ3v) is 6.01. The predicted octanol–water partition coefficient (Wildman–Crippen LogP) is 2.40. The van der Waals surface area contributed by atoms with Crippen LogP contribution in [-0.2, 0) is 21.4 Å². The number of nitrogens with zero attached hydrogens (tertiary/aromatic N) is 2. The SMILES string of the molecule is C[C@@H](C(=O)Nc1cccc(S(=O)(=O)N(C)C)c1)N(C)Cc1ccccc1. The predicted molar refractivity (Wildman–Crippen MR) is 103 cm³/mol. The summed E-state index contributed by atoms with van der Waals surface area (Å²) >= 11 is 0. The molecular weight excluding hydrogens is 350 g/mol. The molecule has 0 aliphatic heterocycles. The molecule has 2 rings (SSSR count). The molecule has 0 unspecified atom stereocenters. The van der Waals surface area contributed by atoms with Crippen LogP contribution in [0.3, 0.4) is 0 Å². The highest BCUT2D eigenvalue weighted by Gasteiger charge is 2.20. The number of benzene rings is 2. The Hall–Kier alpha value is -2.22. The van der Waals surface area contributed by atoms with Crippen molar-refractivity contribution in [1.29, 1.82) is 0 Å².